The lowest BCUT2D eigenvalue weighted by Gasteiger charge is -2.35. The molecule has 1 unspecified atom stereocenters. The predicted octanol–water partition coefficient (Wildman–Crippen LogP) is 0.750. The lowest BCUT2D eigenvalue weighted by Crippen LogP contribution is -2.51. The third-order valence-electron chi connectivity index (χ3n) is 4.84. The summed E-state index contributed by atoms with van der Waals surface area (Å²) in [6, 6.07) is 5.96. The molecule has 3 N–H and O–H groups in total. The fraction of sp³-hybridized carbons (Fsp3) is 0.579. The Balaban J connectivity index is 1.79. The molecule has 144 valence electrons. The fourth-order valence-corrected chi connectivity index (χ4v) is 3.14. The summed E-state index contributed by atoms with van der Waals surface area (Å²) in [4.78, 5) is 28.5. The predicted molar refractivity (Wildman–Crippen MR) is 102 cm³/mol. The first-order valence-corrected chi connectivity index (χ1v) is 9.03. The summed E-state index contributed by atoms with van der Waals surface area (Å²) in [5.41, 5.74) is 8.58. The molecule has 1 aromatic rings. The van der Waals surface area contributed by atoms with Gasteiger partial charge < -0.3 is 20.7 Å². The molecule has 0 aliphatic carbocycles. The van der Waals surface area contributed by atoms with Crippen LogP contribution in [0.1, 0.15) is 17.5 Å². The van der Waals surface area contributed by atoms with Gasteiger partial charge in [0.15, 0.2) is 0 Å². The number of para-hydroxylation sites is 1. The molecule has 1 aliphatic rings. The number of methoxy groups -OCH3 is 1. The molecule has 1 heterocycles. The smallest absolute Gasteiger partial charge is 0.238 e. The van der Waals surface area contributed by atoms with Crippen molar-refractivity contribution in [3.63, 3.8) is 0 Å². The molecule has 0 bridgehead atoms. The number of piperazine rings is 1. The highest BCUT2D eigenvalue weighted by molar-refractivity contribution is 5.93. The van der Waals surface area contributed by atoms with Gasteiger partial charge in [0.2, 0.25) is 11.8 Å². The average Bonchev–Trinajstić information content (AvgIpc) is 2.63. The zero-order valence-corrected chi connectivity index (χ0v) is 16.0. The summed E-state index contributed by atoms with van der Waals surface area (Å²) >= 11 is 0. The van der Waals surface area contributed by atoms with Crippen LogP contribution < -0.4 is 11.1 Å². The molecule has 1 saturated heterocycles. The number of nitrogens with one attached hydrogen (secondary N) is 1. The molecule has 0 saturated carbocycles. The van der Waals surface area contributed by atoms with E-state index in [2.05, 4.69) is 10.2 Å². The zero-order chi connectivity index (χ0) is 19.1. The van der Waals surface area contributed by atoms with Crippen LogP contribution in [0.5, 0.6) is 0 Å². The number of hydrogen-bond donors (Lipinski definition) is 2. The maximum absolute atomic E-state index is 12.4. The van der Waals surface area contributed by atoms with Crippen LogP contribution in [-0.2, 0) is 14.3 Å². The molecular formula is C19H30N4O3. The van der Waals surface area contributed by atoms with Gasteiger partial charge in [0.25, 0.3) is 0 Å². The summed E-state index contributed by atoms with van der Waals surface area (Å²) in [6.07, 6.45) is 0.0729. The molecule has 2 rings (SSSR count). The van der Waals surface area contributed by atoms with Gasteiger partial charge in [-0.15, -0.1) is 0 Å². The minimum atomic E-state index is -0.233. The van der Waals surface area contributed by atoms with Crippen molar-refractivity contribution in [1.29, 1.82) is 0 Å². The number of nitrogens with two attached hydrogens (primary N) is 1. The van der Waals surface area contributed by atoms with Crippen molar-refractivity contribution in [3.05, 3.63) is 29.3 Å². The van der Waals surface area contributed by atoms with E-state index in [0.717, 1.165) is 16.8 Å². The number of carbonyl (C=O) groups excluding carboxylic acids is 2. The van der Waals surface area contributed by atoms with Crippen molar-refractivity contribution in [3.8, 4) is 0 Å². The lowest BCUT2D eigenvalue weighted by molar-refractivity contribution is -0.135. The van der Waals surface area contributed by atoms with Crippen LogP contribution in [0.4, 0.5) is 5.69 Å². The quantitative estimate of drug-likeness (QED) is 0.747. The summed E-state index contributed by atoms with van der Waals surface area (Å²) < 4.78 is 5.17. The maximum Gasteiger partial charge on any atom is 0.238 e. The van der Waals surface area contributed by atoms with E-state index in [9.17, 15) is 9.59 Å². The van der Waals surface area contributed by atoms with E-state index in [1.165, 1.54) is 0 Å². The molecule has 1 aliphatic heterocycles. The largest absolute Gasteiger partial charge is 0.380 e. The molecule has 0 spiro atoms. The number of hydrogen-bond acceptors (Lipinski definition) is 5. The van der Waals surface area contributed by atoms with Gasteiger partial charge in [-0.25, -0.2) is 0 Å². The molecule has 0 radical (unpaired) electrons. The Labute approximate surface area is 155 Å². The van der Waals surface area contributed by atoms with Crippen molar-refractivity contribution in [2.24, 2.45) is 5.73 Å². The monoisotopic (exact) mass is 362 g/mol. The standard InChI is InChI=1S/C19H30N4O3/c1-14-5-4-6-15(2)19(14)21-17(24)13-22-7-9-23(10-8-22)18(25)11-16(12-20)26-3/h4-6,16H,7-13,20H2,1-3H3,(H,21,24). The first-order chi connectivity index (χ1) is 12.4. The van der Waals surface area contributed by atoms with Gasteiger partial charge in [0.1, 0.15) is 0 Å². The van der Waals surface area contributed by atoms with E-state index in [0.29, 0.717) is 45.7 Å². The van der Waals surface area contributed by atoms with E-state index >= 15 is 0 Å². The molecule has 1 atom stereocenters. The minimum absolute atomic E-state index is 0.0234. The topological polar surface area (TPSA) is 87.9 Å². The maximum atomic E-state index is 12.4. The molecule has 2 amide bonds. The van der Waals surface area contributed by atoms with E-state index in [-0.39, 0.29) is 17.9 Å². The van der Waals surface area contributed by atoms with Crippen molar-refractivity contribution in [2.45, 2.75) is 26.4 Å². The summed E-state index contributed by atoms with van der Waals surface area (Å²) in [7, 11) is 1.57. The Morgan fingerprint density at radius 2 is 1.81 bits per heavy atom. The van der Waals surface area contributed by atoms with E-state index < -0.39 is 0 Å². The number of carbonyl (C=O) groups is 2. The summed E-state index contributed by atoms with van der Waals surface area (Å²) in [6.45, 7) is 7.26. The van der Waals surface area contributed by atoms with Gasteiger partial charge in [0.05, 0.1) is 19.1 Å². The Bertz CT molecular complexity index is 603. The molecule has 7 nitrogen and oxygen atoms in total. The molecule has 0 aromatic heterocycles. The molecular weight excluding hydrogens is 332 g/mol. The Kier molecular flexibility index (Phi) is 7.56. The first kappa shape index (κ1) is 20.4. The molecule has 1 aromatic carbocycles. The van der Waals surface area contributed by atoms with Gasteiger partial charge in [-0.3, -0.25) is 14.5 Å². The number of rotatable bonds is 7. The SMILES string of the molecule is COC(CN)CC(=O)N1CCN(CC(=O)Nc2c(C)cccc2C)CC1. The number of anilines is 1. The van der Waals surface area contributed by atoms with E-state index in [1.54, 1.807) is 7.11 Å². The van der Waals surface area contributed by atoms with Crippen LogP contribution in [0.3, 0.4) is 0 Å². The van der Waals surface area contributed by atoms with Crippen molar-refractivity contribution in [1.82, 2.24) is 9.80 Å². The second-order valence-electron chi connectivity index (χ2n) is 6.77. The van der Waals surface area contributed by atoms with Crippen molar-refractivity contribution in [2.75, 3.05) is 51.7 Å². The van der Waals surface area contributed by atoms with Crippen LogP contribution in [0.15, 0.2) is 18.2 Å². The highest BCUT2D eigenvalue weighted by Crippen LogP contribution is 2.19. The van der Waals surface area contributed by atoms with Gasteiger partial charge in [0, 0.05) is 45.5 Å². The fourth-order valence-electron chi connectivity index (χ4n) is 3.14. The van der Waals surface area contributed by atoms with Crippen molar-refractivity contribution < 1.29 is 14.3 Å². The number of amides is 2. The molecule has 7 heteroatoms. The van der Waals surface area contributed by atoms with Crippen LogP contribution in [0.2, 0.25) is 0 Å². The number of nitrogens with zero attached hydrogens (tertiary/aromatic N) is 2. The summed E-state index contributed by atoms with van der Waals surface area (Å²) in [5.74, 6) is 0.0340. The highest BCUT2D eigenvalue weighted by Gasteiger charge is 2.24. The Morgan fingerprint density at radius 1 is 1.19 bits per heavy atom. The summed E-state index contributed by atoms with van der Waals surface area (Å²) in [5, 5.41) is 3.01. The van der Waals surface area contributed by atoms with Crippen LogP contribution in [0, 0.1) is 13.8 Å². The van der Waals surface area contributed by atoms with Crippen LogP contribution >= 0.6 is 0 Å². The molecule has 1 fully saturated rings. The number of aryl methyl sites for hydroxylation is 2. The second-order valence-corrected chi connectivity index (χ2v) is 6.77. The Morgan fingerprint density at radius 3 is 2.35 bits per heavy atom. The van der Waals surface area contributed by atoms with Crippen LogP contribution in [-0.4, -0.2) is 74.1 Å². The molecule has 26 heavy (non-hydrogen) atoms. The number of benzene rings is 1. The minimum Gasteiger partial charge on any atom is -0.380 e. The zero-order valence-electron chi connectivity index (χ0n) is 16.0. The van der Waals surface area contributed by atoms with Gasteiger partial charge >= 0.3 is 0 Å². The second kappa shape index (κ2) is 9.66. The van der Waals surface area contributed by atoms with Crippen LogP contribution in [0.25, 0.3) is 0 Å². The number of ether oxygens (including phenoxy) is 1. The average molecular weight is 362 g/mol. The normalized spacial score (nSPS) is 16.4. The van der Waals surface area contributed by atoms with Crippen molar-refractivity contribution >= 4 is 17.5 Å². The third kappa shape index (κ3) is 5.52. The van der Waals surface area contributed by atoms with Gasteiger partial charge in [-0.1, -0.05) is 18.2 Å². The van der Waals surface area contributed by atoms with E-state index in [1.807, 2.05) is 36.9 Å². The Hall–Kier alpha value is -1.96. The first-order valence-electron chi connectivity index (χ1n) is 9.03. The van der Waals surface area contributed by atoms with E-state index in [4.69, 9.17) is 10.5 Å². The lowest BCUT2D eigenvalue weighted by atomic mass is 10.1. The van der Waals surface area contributed by atoms with Gasteiger partial charge in [-0.2, -0.15) is 0 Å². The highest BCUT2D eigenvalue weighted by atomic mass is 16.5. The van der Waals surface area contributed by atoms with Gasteiger partial charge in [-0.05, 0) is 25.0 Å². The third-order valence-corrected chi connectivity index (χ3v) is 4.84.